The Morgan fingerprint density at radius 2 is 2.11 bits per heavy atom. The fourth-order valence-electron chi connectivity index (χ4n) is 2.38. The van der Waals surface area contributed by atoms with Gasteiger partial charge in [-0.1, -0.05) is 0 Å². The number of nitrogens with one attached hydrogen (secondary N) is 1. The highest BCUT2D eigenvalue weighted by atomic mass is 32.1. The summed E-state index contributed by atoms with van der Waals surface area (Å²) in [7, 11) is 3.62. The van der Waals surface area contributed by atoms with Gasteiger partial charge in [-0.3, -0.25) is 0 Å². The molecule has 0 bridgehead atoms. The van der Waals surface area contributed by atoms with E-state index in [1.165, 1.54) is 9.75 Å². The van der Waals surface area contributed by atoms with Crippen LogP contribution in [0, 0.1) is 6.92 Å². The normalized spacial score (nSPS) is 16.7. The molecule has 1 aromatic rings. The number of nitrogens with zero attached hydrogens (tertiary/aromatic N) is 2. The van der Waals surface area contributed by atoms with Crippen LogP contribution < -0.4 is 5.32 Å². The van der Waals surface area contributed by atoms with Crippen LogP contribution in [0.1, 0.15) is 22.6 Å². The maximum absolute atomic E-state index is 11.8. The molecule has 1 saturated heterocycles. The first-order valence-corrected chi connectivity index (χ1v) is 7.63. The Labute approximate surface area is 119 Å². The molecule has 5 heteroatoms. The fraction of sp³-hybridized carbons (Fsp3) is 0.643. The van der Waals surface area contributed by atoms with Crippen LogP contribution in [-0.2, 0) is 6.54 Å². The molecule has 2 rings (SSSR count). The number of urea groups is 1. The lowest BCUT2D eigenvalue weighted by atomic mass is 10.1. The Bertz CT molecular complexity index is 422. The van der Waals surface area contributed by atoms with E-state index in [0.29, 0.717) is 6.04 Å². The van der Waals surface area contributed by atoms with Gasteiger partial charge < -0.3 is 15.1 Å². The van der Waals surface area contributed by atoms with Crippen LogP contribution in [0.5, 0.6) is 0 Å². The average molecular weight is 281 g/mol. The van der Waals surface area contributed by atoms with E-state index in [1.54, 1.807) is 4.90 Å². The second-order valence-corrected chi connectivity index (χ2v) is 6.70. The highest BCUT2D eigenvalue weighted by molar-refractivity contribution is 7.11. The highest BCUT2D eigenvalue weighted by Crippen LogP contribution is 2.16. The molecule has 106 valence electrons. The molecule has 1 aromatic heterocycles. The van der Waals surface area contributed by atoms with Gasteiger partial charge in [-0.05, 0) is 31.9 Å². The second-order valence-electron chi connectivity index (χ2n) is 5.33. The zero-order chi connectivity index (χ0) is 13.8. The molecule has 1 N–H and O–H groups in total. The van der Waals surface area contributed by atoms with Crippen molar-refractivity contribution in [3.63, 3.8) is 0 Å². The van der Waals surface area contributed by atoms with Crippen molar-refractivity contribution in [3.05, 3.63) is 21.9 Å². The molecule has 2 heterocycles. The summed E-state index contributed by atoms with van der Waals surface area (Å²) in [5.74, 6) is 0. The van der Waals surface area contributed by atoms with Gasteiger partial charge in [-0.15, -0.1) is 11.3 Å². The number of amides is 2. The monoisotopic (exact) mass is 281 g/mol. The smallest absolute Gasteiger partial charge is 0.319 e. The third-order valence-corrected chi connectivity index (χ3v) is 4.51. The maximum Gasteiger partial charge on any atom is 0.319 e. The number of thiophene rings is 1. The maximum atomic E-state index is 11.8. The molecule has 0 saturated carbocycles. The molecular formula is C14H23N3OS. The average Bonchev–Trinajstić information content (AvgIpc) is 2.82. The van der Waals surface area contributed by atoms with E-state index in [-0.39, 0.29) is 6.03 Å². The van der Waals surface area contributed by atoms with Crippen LogP contribution in [0.2, 0.25) is 0 Å². The van der Waals surface area contributed by atoms with Crippen LogP contribution >= 0.6 is 11.3 Å². The van der Waals surface area contributed by atoms with Crippen LogP contribution in [0.3, 0.4) is 0 Å². The van der Waals surface area contributed by atoms with Gasteiger partial charge in [0.1, 0.15) is 0 Å². The van der Waals surface area contributed by atoms with E-state index < -0.39 is 0 Å². The summed E-state index contributed by atoms with van der Waals surface area (Å²) in [5, 5.41) is 3.60. The van der Waals surface area contributed by atoms with E-state index in [2.05, 4.69) is 24.4 Å². The number of hydrogen-bond donors (Lipinski definition) is 1. The molecule has 0 aliphatic carbocycles. The van der Waals surface area contributed by atoms with Crippen molar-refractivity contribution < 1.29 is 4.79 Å². The Kier molecular flexibility index (Phi) is 4.82. The number of piperidine rings is 1. The summed E-state index contributed by atoms with van der Waals surface area (Å²) < 4.78 is 0. The Hall–Kier alpha value is -1.07. The van der Waals surface area contributed by atoms with Gasteiger partial charge in [0.15, 0.2) is 0 Å². The first kappa shape index (κ1) is 14.3. The Morgan fingerprint density at radius 3 is 2.63 bits per heavy atom. The standard InChI is InChI=1S/C14H23N3OS/c1-11-4-5-13(19-11)10-15-12-6-8-17(9-7-12)14(18)16(2)3/h4-5,12,15H,6-10H2,1-3H3. The predicted octanol–water partition coefficient (Wildman–Crippen LogP) is 2.29. The molecule has 1 fully saturated rings. The summed E-state index contributed by atoms with van der Waals surface area (Å²) in [5.41, 5.74) is 0. The van der Waals surface area contributed by atoms with Gasteiger partial charge in [0.2, 0.25) is 0 Å². The third-order valence-electron chi connectivity index (χ3n) is 3.51. The molecule has 0 radical (unpaired) electrons. The summed E-state index contributed by atoms with van der Waals surface area (Å²) in [6, 6.07) is 5.03. The topological polar surface area (TPSA) is 35.6 Å². The molecule has 4 nitrogen and oxygen atoms in total. The lowest BCUT2D eigenvalue weighted by molar-refractivity contribution is 0.152. The van der Waals surface area contributed by atoms with Gasteiger partial charge in [0, 0.05) is 49.5 Å². The van der Waals surface area contributed by atoms with Crippen molar-refractivity contribution in [2.75, 3.05) is 27.2 Å². The highest BCUT2D eigenvalue weighted by Gasteiger charge is 2.23. The third kappa shape index (κ3) is 3.94. The molecule has 0 spiro atoms. The van der Waals surface area contributed by atoms with Crippen molar-refractivity contribution >= 4 is 17.4 Å². The van der Waals surface area contributed by atoms with E-state index in [4.69, 9.17) is 0 Å². The van der Waals surface area contributed by atoms with E-state index >= 15 is 0 Å². The van der Waals surface area contributed by atoms with Crippen molar-refractivity contribution in [1.29, 1.82) is 0 Å². The largest absolute Gasteiger partial charge is 0.331 e. The minimum Gasteiger partial charge on any atom is -0.331 e. The second kappa shape index (κ2) is 6.39. The summed E-state index contributed by atoms with van der Waals surface area (Å²) in [6.07, 6.45) is 2.09. The number of carbonyl (C=O) groups is 1. The first-order valence-electron chi connectivity index (χ1n) is 6.81. The van der Waals surface area contributed by atoms with Gasteiger partial charge in [-0.2, -0.15) is 0 Å². The van der Waals surface area contributed by atoms with Crippen molar-refractivity contribution in [2.45, 2.75) is 32.4 Å². The molecular weight excluding hydrogens is 258 g/mol. The van der Waals surface area contributed by atoms with E-state index in [1.807, 2.05) is 30.3 Å². The SMILES string of the molecule is Cc1ccc(CNC2CCN(C(=O)N(C)C)CC2)s1. The first-order chi connectivity index (χ1) is 9.06. The quantitative estimate of drug-likeness (QED) is 0.922. The molecule has 1 aliphatic rings. The minimum absolute atomic E-state index is 0.132. The van der Waals surface area contributed by atoms with Gasteiger partial charge >= 0.3 is 6.03 Å². The van der Waals surface area contributed by atoms with Crippen LogP contribution in [-0.4, -0.2) is 49.1 Å². The van der Waals surface area contributed by atoms with Crippen molar-refractivity contribution in [1.82, 2.24) is 15.1 Å². The Morgan fingerprint density at radius 1 is 1.42 bits per heavy atom. The van der Waals surface area contributed by atoms with Gasteiger partial charge in [-0.25, -0.2) is 4.79 Å². The zero-order valence-corrected chi connectivity index (χ0v) is 12.8. The number of rotatable bonds is 3. The predicted molar refractivity (Wildman–Crippen MR) is 79.6 cm³/mol. The van der Waals surface area contributed by atoms with Crippen LogP contribution in [0.15, 0.2) is 12.1 Å². The molecule has 0 unspecified atom stereocenters. The molecule has 1 aliphatic heterocycles. The number of likely N-dealkylation sites (tertiary alicyclic amines) is 1. The molecule has 0 aromatic carbocycles. The number of aryl methyl sites for hydroxylation is 1. The van der Waals surface area contributed by atoms with Gasteiger partial charge in [0.25, 0.3) is 0 Å². The Balaban J connectivity index is 1.73. The summed E-state index contributed by atoms with van der Waals surface area (Å²) in [6.45, 7) is 4.81. The lowest BCUT2D eigenvalue weighted by Crippen LogP contribution is -2.47. The number of carbonyl (C=O) groups excluding carboxylic acids is 1. The zero-order valence-electron chi connectivity index (χ0n) is 12.0. The number of hydrogen-bond acceptors (Lipinski definition) is 3. The van der Waals surface area contributed by atoms with Crippen LogP contribution in [0.25, 0.3) is 0 Å². The van der Waals surface area contributed by atoms with Crippen molar-refractivity contribution in [3.8, 4) is 0 Å². The van der Waals surface area contributed by atoms with Gasteiger partial charge in [0.05, 0.1) is 0 Å². The van der Waals surface area contributed by atoms with E-state index in [9.17, 15) is 4.79 Å². The van der Waals surface area contributed by atoms with E-state index in [0.717, 1.165) is 32.5 Å². The lowest BCUT2D eigenvalue weighted by Gasteiger charge is -2.34. The van der Waals surface area contributed by atoms with Crippen molar-refractivity contribution in [2.24, 2.45) is 0 Å². The molecule has 2 amide bonds. The van der Waals surface area contributed by atoms with Crippen LogP contribution in [0.4, 0.5) is 4.79 Å². The molecule has 0 atom stereocenters. The minimum atomic E-state index is 0.132. The fourth-order valence-corrected chi connectivity index (χ4v) is 3.22. The summed E-state index contributed by atoms with van der Waals surface area (Å²) >= 11 is 1.85. The molecule has 19 heavy (non-hydrogen) atoms. The summed E-state index contributed by atoms with van der Waals surface area (Å²) in [4.78, 5) is 18.2.